The first-order valence-electron chi connectivity index (χ1n) is 5.54. The second-order valence-electron chi connectivity index (χ2n) is 4.44. The van der Waals surface area contributed by atoms with Crippen molar-refractivity contribution in [3.05, 3.63) is 35.4 Å². The minimum Gasteiger partial charge on any atom is -0.348 e. The van der Waals surface area contributed by atoms with E-state index in [9.17, 15) is 13.2 Å². The quantitative estimate of drug-likeness (QED) is 0.852. The minimum atomic E-state index is -2.94. The summed E-state index contributed by atoms with van der Waals surface area (Å²) in [7, 11) is -2.94. The molecule has 4 nitrogen and oxygen atoms in total. The van der Waals surface area contributed by atoms with Gasteiger partial charge in [0, 0.05) is 11.6 Å². The molecule has 92 valence electrons. The first-order chi connectivity index (χ1) is 7.96. The van der Waals surface area contributed by atoms with Crippen molar-refractivity contribution in [2.24, 2.45) is 0 Å². The normalized spacial score (nSPS) is 22.3. The molecule has 0 aromatic heterocycles. The summed E-state index contributed by atoms with van der Waals surface area (Å²) in [6.07, 6.45) is 0.514. The van der Waals surface area contributed by atoms with Gasteiger partial charge in [0.15, 0.2) is 9.84 Å². The summed E-state index contributed by atoms with van der Waals surface area (Å²) < 4.78 is 22.5. The van der Waals surface area contributed by atoms with Crippen molar-refractivity contribution in [3.8, 4) is 0 Å². The fraction of sp³-hybridized carbons (Fsp3) is 0.417. The Morgan fingerprint density at radius 2 is 1.94 bits per heavy atom. The summed E-state index contributed by atoms with van der Waals surface area (Å²) in [4.78, 5) is 11.8. The van der Waals surface area contributed by atoms with Crippen LogP contribution in [-0.4, -0.2) is 31.9 Å². The summed E-state index contributed by atoms with van der Waals surface area (Å²) in [6.45, 7) is 1.95. The highest BCUT2D eigenvalue weighted by atomic mass is 32.2. The molecule has 1 heterocycles. The molecule has 1 aliphatic rings. The van der Waals surface area contributed by atoms with Crippen LogP contribution in [0.1, 0.15) is 22.3 Å². The largest absolute Gasteiger partial charge is 0.348 e. The molecule has 1 aliphatic heterocycles. The lowest BCUT2D eigenvalue weighted by atomic mass is 10.1. The summed E-state index contributed by atoms with van der Waals surface area (Å²) in [5, 5.41) is 2.75. The predicted octanol–water partition coefficient (Wildman–Crippen LogP) is 0.912. The van der Waals surface area contributed by atoms with E-state index in [1.807, 2.05) is 19.1 Å². The van der Waals surface area contributed by atoms with Crippen LogP contribution in [0.3, 0.4) is 0 Å². The third-order valence-corrected chi connectivity index (χ3v) is 4.65. The minimum absolute atomic E-state index is 0.0601. The topological polar surface area (TPSA) is 63.2 Å². The Kier molecular flexibility index (Phi) is 3.19. The average molecular weight is 253 g/mol. The van der Waals surface area contributed by atoms with E-state index in [4.69, 9.17) is 0 Å². The van der Waals surface area contributed by atoms with Crippen molar-refractivity contribution in [1.29, 1.82) is 0 Å². The van der Waals surface area contributed by atoms with Crippen molar-refractivity contribution >= 4 is 15.7 Å². The van der Waals surface area contributed by atoms with Gasteiger partial charge in [0.1, 0.15) is 0 Å². The number of amides is 1. The lowest BCUT2D eigenvalue weighted by Crippen LogP contribution is -2.35. The number of hydrogen-bond acceptors (Lipinski definition) is 3. The Bertz CT molecular complexity index is 519. The summed E-state index contributed by atoms with van der Waals surface area (Å²) >= 11 is 0. The van der Waals surface area contributed by atoms with Crippen LogP contribution in [0.4, 0.5) is 0 Å². The number of nitrogens with one attached hydrogen (secondary N) is 1. The Morgan fingerprint density at radius 1 is 1.29 bits per heavy atom. The molecular formula is C12H15NO3S. The van der Waals surface area contributed by atoms with E-state index in [1.54, 1.807) is 12.1 Å². The zero-order chi connectivity index (χ0) is 12.5. The van der Waals surface area contributed by atoms with Crippen LogP contribution in [0, 0.1) is 6.92 Å². The molecule has 0 aliphatic carbocycles. The van der Waals surface area contributed by atoms with E-state index in [0.29, 0.717) is 12.0 Å². The molecule has 1 saturated heterocycles. The van der Waals surface area contributed by atoms with Crippen molar-refractivity contribution in [1.82, 2.24) is 5.32 Å². The molecule has 0 unspecified atom stereocenters. The molecule has 0 spiro atoms. The number of hydrogen-bond donors (Lipinski definition) is 1. The molecule has 1 aromatic rings. The van der Waals surface area contributed by atoms with Crippen molar-refractivity contribution in [2.45, 2.75) is 19.4 Å². The standard InChI is InChI=1S/C12H15NO3S/c1-9-2-4-10(5-3-9)12(14)13-11-6-7-17(15,16)8-11/h2-5,11H,6-8H2,1H3,(H,13,14)/t11-/m1/s1. The van der Waals surface area contributed by atoms with Gasteiger partial charge < -0.3 is 5.32 Å². The van der Waals surface area contributed by atoms with E-state index >= 15 is 0 Å². The summed E-state index contributed by atoms with van der Waals surface area (Å²) in [5.41, 5.74) is 1.66. The van der Waals surface area contributed by atoms with Gasteiger partial charge in [-0.2, -0.15) is 0 Å². The van der Waals surface area contributed by atoms with Gasteiger partial charge in [-0.05, 0) is 25.5 Å². The van der Waals surface area contributed by atoms with Gasteiger partial charge in [-0.1, -0.05) is 17.7 Å². The first kappa shape index (κ1) is 12.1. The molecule has 1 atom stereocenters. The molecule has 2 rings (SSSR count). The third-order valence-electron chi connectivity index (χ3n) is 2.88. The monoisotopic (exact) mass is 253 g/mol. The number of aryl methyl sites for hydroxylation is 1. The highest BCUT2D eigenvalue weighted by Crippen LogP contribution is 2.12. The van der Waals surface area contributed by atoms with Crippen LogP contribution in [0.5, 0.6) is 0 Å². The lowest BCUT2D eigenvalue weighted by Gasteiger charge is -2.10. The Hall–Kier alpha value is -1.36. The van der Waals surface area contributed by atoms with Crippen LogP contribution >= 0.6 is 0 Å². The SMILES string of the molecule is Cc1ccc(C(=O)N[C@@H]2CCS(=O)(=O)C2)cc1. The number of benzene rings is 1. The molecule has 5 heteroatoms. The van der Waals surface area contributed by atoms with Gasteiger partial charge in [0.05, 0.1) is 11.5 Å². The predicted molar refractivity (Wildman–Crippen MR) is 65.7 cm³/mol. The molecule has 0 saturated carbocycles. The Morgan fingerprint density at radius 3 is 2.47 bits per heavy atom. The zero-order valence-corrected chi connectivity index (χ0v) is 10.5. The molecule has 1 N–H and O–H groups in total. The van der Waals surface area contributed by atoms with E-state index in [-0.39, 0.29) is 23.5 Å². The smallest absolute Gasteiger partial charge is 0.251 e. The molecule has 1 amide bonds. The maximum absolute atomic E-state index is 11.8. The lowest BCUT2D eigenvalue weighted by molar-refractivity contribution is 0.0941. The van der Waals surface area contributed by atoms with Gasteiger partial charge >= 0.3 is 0 Å². The number of sulfone groups is 1. The molecule has 17 heavy (non-hydrogen) atoms. The summed E-state index contributed by atoms with van der Waals surface area (Å²) in [6, 6.07) is 6.97. The molecule has 1 fully saturated rings. The maximum atomic E-state index is 11.8. The van der Waals surface area contributed by atoms with Gasteiger partial charge in [0.25, 0.3) is 5.91 Å². The third kappa shape index (κ3) is 3.06. The van der Waals surface area contributed by atoms with Gasteiger partial charge in [-0.15, -0.1) is 0 Å². The molecular weight excluding hydrogens is 238 g/mol. The van der Waals surface area contributed by atoms with E-state index in [2.05, 4.69) is 5.32 Å². The van der Waals surface area contributed by atoms with Crippen LogP contribution in [0.25, 0.3) is 0 Å². The van der Waals surface area contributed by atoms with Gasteiger partial charge in [-0.3, -0.25) is 4.79 Å². The second kappa shape index (κ2) is 4.49. The average Bonchev–Trinajstić information content (AvgIpc) is 2.59. The Labute approximate surface area is 101 Å². The van der Waals surface area contributed by atoms with Crippen molar-refractivity contribution in [2.75, 3.05) is 11.5 Å². The summed E-state index contributed by atoms with van der Waals surface area (Å²) in [5.74, 6) is 0.0308. The highest BCUT2D eigenvalue weighted by molar-refractivity contribution is 7.91. The van der Waals surface area contributed by atoms with E-state index in [1.165, 1.54) is 0 Å². The maximum Gasteiger partial charge on any atom is 0.251 e. The Balaban J connectivity index is 2.01. The van der Waals surface area contributed by atoms with E-state index < -0.39 is 9.84 Å². The zero-order valence-electron chi connectivity index (χ0n) is 9.64. The molecule has 0 bridgehead atoms. The van der Waals surface area contributed by atoms with Crippen molar-refractivity contribution < 1.29 is 13.2 Å². The van der Waals surface area contributed by atoms with Gasteiger partial charge in [0.2, 0.25) is 0 Å². The second-order valence-corrected chi connectivity index (χ2v) is 6.67. The fourth-order valence-corrected chi connectivity index (χ4v) is 3.56. The number of carbonyl (C=O) groups is 1. The van der Waals surface area contributed by atoms with E-state index in [0.717, 1.165) is 5.56 Å². The molecule has 1 aromatic carbocycles. The van der Waals surface area contributed by atoms with Crippen LogP contribution < -0.4 is 5.32 Å². The van der Waals surface area contributed by atoms with Crippen LogP contribution in [0.15, 0.2) is 24.3 Å². The van der Waals surface area contributed by atoms with Crippen LogP contribution in [-0.2, 0) is 9.84 Å². The number of carbonyl (C=O) groups excluding carboxylic acids is 1. The highest BCUT2D eigenvalue weighted by Gasteiger charge is 2.28. The number of rotatable bonds is 2. The van der Waals surface area contributed by atoms with Crippen LogP contribution in [0.2, 0.25) is 0 Å². The molecule has 0 radical (unpaired) electrons. The first-order valence-corrected chi connectivity index (χ1v) is 7.36. The van der Waals surface area contributed by atoms with Crippen molar-refractivity contribution in [3.63, 3.8) is 0 Å². The van der Waals surface area contributed by atoms with Gasteiger partial charge in [-0.25, -0.2) is 8.42 Å². The fourth-order valence-electron chi connectivity index (χ4n) is 1.88.